The Kier molecular flexibility index (Phi) is 1.80. The fourth-order valence-electron chi connectivity index (χ4n) is 0.351. The normalized spacial score (nSPS) is 32.0. The molecule has 0 saturated heterocycles. The molecule has 0 aromatic rings. The molecule has 0 aromatic heterocycles. The summed E-state index contributed by atoms with van der Waals surface area (Å²) in [5, 5.41) is 7.09. The Labute approximate surface area is 47.9 Å². The highest BCUT2D eigenvalue weighted by Gasteiger charge is 1.67. The minimum Gasteiger partial charge on any atom is -0.158 e. The van der Waals surface area contributed by atoms with E-state index >= 15 is 0 Å². The third kappa shape index (κ3) is 1.51. The van der Waals surface area contributed by atoms with Crippen molar-refractivity contribution in [2.75, 3.05) is 0 Å². The van der Waals surface area contributed by atoms with Gasteiger partial charge in [-0.15, -0.1) is 5.10 Å². The van der Waals surface area contributed by atoms with Gasteiger partial charge in [-0.1, -0.05) is 12.2 Å². The van der Waals surface area contributed by atoms with E-state index < -0.39 is 0 Å². The SMILES string of the molecule is [C]1=N\N=C/C=C\C=C/1. The monoisotopic (exact) mass is 105 g/mol. The lowest BCUT2D eigenvalue weighted by Gasteiger charge is -1.75. The molecule has 0 atom stereocenters. The van der Waals surface area contributed by atoms with Crippen LogP contribution in [-0.4, -0.2) is 12.4 Å². The molecule has 1 heterocycles. The summed E-state index contributed by atoms with van der Waals surface area (Å²) in [4.78, 5) is 0. The van der Waals surface area contributed by atoms with E-state index in [0.717, 1.165) is 0 Å². The van der Waals surface area contributed by atoms with E-state index in [1.165, 1.54) is 0 Å². The fraction of sp³-hybridized carbons (Fsp3) is 0. The molecule has 2 heteroatoms. The fourth-order valence-corrected chi connectivity index (χ4v) is 0.351. The molecule has 0 aromatic carbocycles. The minimum absolute atomic E-state index is 1.61. The summed E-state index contributed by atoms with van der Waals surface area (Å²) in [6, 6.07) is 0. The van der Waals surface area contributed by atoms with E-state index in [2.05, 4.69) is 16.4 Å². The van der Waals surface area contributed by atoms with Gasteiger partial charge in [-0.05, 0) is 12.2 Å². The molecule has 8 heavy (non-hydrogen) atoms. The van der Waals surface area contributed by atoms with Gasteiger partial charge in [0.15, 0.2) is 0 Å². The largest absolute Gasteiger partial charge is 0.158 e. The van der Waals surface area contributed by atoms with Crippen LogP contribution in [0.25, 0.3) is 0 Å². The lowest BCUT2D eigenvalue weighted by molar-refractivity contribution is 1.27. The molecule has 0 aliphatic carbocycles. The van der Waals surface area contributed by atoms with Gasteiger partial charge in [0.25, 0.3) is 0 Å². The van der Waals surface area contributed by atoms with Gasteiger partial charge in [-0.25, -0.2) is 0 Å². The van der Waals surface area contributed by atoms with Crippen LogP contribution in [0.2, 0.25) is 0 Å². The summed E-state index contributed by atoms with van der Waals surface area (Å²) < 4.78 is 0. The Hall–Kier alpha value is -1.18. The van der Waals surface area contributed by atoms with Crippen molar-refractivity contribution < 1.29 is 0 Å². The lowest BCUT2D eigenvalue weighted by Crippen LogP contribution is -1.67. The highest BCUT2D eigenvalue weighted by molar-refractivity contribution is 5.77. The molecule has 1 aliphatic heterocycles. The molecule has 0 fully saturated rings. The van der Waals surface area contributed by atoms with Gasteiger partial charge in [-0.2, -0.15) is 5.10 Å². The van der Waals surface area contributed by atoms with Crippen LogP contribution in [0.1, 0.15) is 0 Å². The van der Waals surface area contributed by atoms with Crippen LogP contribution in [0, 0.1) is 0 Å². The van der Waals surface area contributed by atoms with Crippen LogP contribution in [0.3, 0.4) is 0 Å². The molecule has 1 aliphatic rings. The smallest absolute Gasteiger partial charge is 0.113 e. The summed E-state index contributed by atoms with van der Waals surface area (Å²) in [5.74, 6) is 0. The average Bonchev–Trinajstić information content (AvgIpc) is 1.62. The number of allylic oxidation sites excluding steroid dienone is 4. The molecule has 2 nitrogen and oxygen atoms in total. The molecule has 0 spiro atoms. The summed E-state index contributed by atoms with van der Waals surface area (Å²) >= 11 is 0. The van der Waals surface area contributed by atoms with Gasteiger partial charge < -0.3 is 0 Å². The molecule has 0 amide bonds. The molecule has 1 radical (unpaired) electrons. The van der Waals surface area contributed by atoms with Crippen molar-refractivity contribution >= 4 is 12.4 Å². The van der Waals surface area contributed by atoms with Crippen molar-refractivity contribution in [1.29, 1.82) is 0 Å². The second-order valence-corrected chi connectivity index (χ2v) is 1.24. The summed E-state index contributed by atoms with van der Waals surface area (Å²) in [5.41, 5.74) is 0. The molecule has 39 valence electrons. The Bertz CT molecular complexity index is 107. The number of hydrogen-bond acceptors (Lipinski definition) is 2. The van der Waals surface area contributed by atoms with Crippen LogP contribution in [0.15, 0.2) is 34.5 Å². The van der Waals surface area contributed by atoms with Crippen molar-refractivity contribution in [3.63, 3.8) is 0 Å². The second kappa shape index (κ2) is 2.91. The maximum atomic E-state index is 3.58. The van der Waals surface area contributed by atoms with Gasteiger partial charge in [0.05, 0.1) is 0 Å². The zero-order valence-electron chi connectivity index (χ0n) is 4.28. The molecule has 0 unspecified atom stereocenters. The first-order chi connectivity index (χ1) is 4.00. The lowest BCUT2D eigenvalue weighted by atomic mass is 10.4. The molecule has 0 saturated carbocycles. The van der Waals surface area contributed by atoms with Crippen molar-refractivity contribution in [3.8, 4) is 0 Å². The predicted molar refractivity (Wildman–Crippen MR) is 34.2 cm³/mol. The second-order valence-electron chi connectivity index (χ2n) is 1.24. The summed E-state index contributed by atoms with van der Waals surface area (Å²) in [7, 11) is 0. The average molecular weight is 105 g/mol. The molecule has 0 bridgehead atoms. The van der Waals surface area contributed by atoms with Crippen LogP contribution < -0.4 is 0 Å². The van der Waals surface area contributed by atoms with Crippen molar-refractivity contribution in [1.82, 2.24) is 0 Å². The van der Waals surface area contributed by atoms with E-state index in [0.29, 0.717) is 0 Å². The van der Waals surface area contributed by atoms with Crippen molar-refractivity contribution in [2.24, 2.45) is 10.2 Å². The maximum absolute atomic E-state index is 3.58. The quantitative estimate of drug-likeness (QED) is 0.440. The van der Waals surface area contributed by atoms with E-state index in [4.69, 9.17) is 0 Å². The van der Waals surface area contributed by atoms with Crippen LogP contribution >= 0.6 is 0 Å². The maximum Gasteiger partial charge on any atom is 0.113 e. The van der Waals surface area contributed by atoms with Gasteiger partial charge in [-0.3, -0.25) is 0 Å². The number of rotatable bonds is 0. The van der Waals surface area contributed by atoms with Crippen LogP contribution in [0.5, 0.6) is 0 Å². The van der Waals surface area contributed by atoms with Crippen molar-refractivity contribution in [2.45, 2.75) is 0 Å². The molecular formula is C6H5N2. The number of hydrogen-bond donors (Lipinski definition) is 0. The first-order valence-corrected chi connectivity index (χ1v) is 2.30. The number of nitrogens with zero attached hydrogens (tertiary/aromatic N) is 2. The van der Waals surface area contributed by atoms with E-state index in [9.17, 15) is 0 Å². The Morgan fingerprint density at radius 2 is 2.12 bits per heavy atom. The summed E-state index contributed by atoms with van der Waals surface area (Å²) in [6.45, 7) is 0. The summed E-state index contributed by atoms with van der Waals surface area (Å²) in [6.07, 6.45) is 11.4. The Morgan fingerprint density at radius 1 is 1.12 bits per heavy atom. The standard InChI is InChI=1S/C6H5N2/c1-2-4-6-8-7-5-3-1/h1-5H/b2-1?,3-1-,4-2-,5-3?,6-4?,7-5-,8-6?,8-7?. The molecular weight excluding hydrogens is 100 g/mol. The first kappa shape index (κ1) is 4.97. The zero-order valence-corrected chi connectivity index (χ0v) is 4.28. The van der Waals surface area contributed by atoms with Crippen molar-refractivity contribution in [3.05, 3.63) is 24.3 Å². The van der Waals surface area contributed by atoms with Crippen LogP contribution in [0.4, 0.5) is 0 Å². The topological polar surface area (TPSA) is 24.7 Å². The predicted octanol–water partition coefficient (Wildman–Crippen LogP) is 1.05. The minimum atomic E-state index is 1.61. The van der Waals surface area contributed by atoms with E-state index in [1.807, 2.05) is 12.2 Å². The third-order valence-electron chi connectivity index (χ3n) is 0.661. The molecule has 0 N–H and O–H groups in total. The Morgan fingerprint density at radius 3 is 3.12 bits per heavy atom. The van der Waals surface area contributed by atoms with Crippen LogP contribution in [-0.2, 0) is 0 Å². The van der Waals surface area contributed by atoms with Gasteiger partial charge in [0.1, 0.15) is 6.21 Å². The van der Waals surface area contributed by atoms with E-state index in [-0.39, 0.29) is 0 Å². The highest BCUT2D eigenvalue weighted by atomic mass is 15.2. The van der Waals surface area contributed by atoms with Gasteiger partial charge in [0, 0.05) is 6.21 Å². The first-order valence-electron chi connectivity index (χ1n) is 2.30. The van der Waals surface area contributed by atoms with E-state index in [1.54, 1.807) is 18.4 Å². The zero-order chi connectivity index (χ0) is 5.66. The highest BCUT2D eigenvalue weighted by Crippen LogP contribution is 1.78. The third-order valence-corrected chi connectivity index (χ3v) is 0.661. The Balaban J connectivity index is 2.67. The molecule has 1 rings (SSSR count). The van der Waals surface area contributed by atoms with Gasteiger partial charge >= 0.3 is 0 Å². The van der Waals surface area contributed by atoms with Gasteiger partial charge in [0.2, 0.25) is 0 Å².